The Morgan fingerprint density at radius 3 is 2.67 bits per heavy atom. The van der Waals surface area contributed by atoms with Gasteiger partial charge in [-0.3, -0.25) is 9.59 Å². The number of aromatic nitrogens is 2. The molecule has 0 spiro atoms. The number of para-hydroxylation sites is 1. The molecule has 2 aromatic rings. The maximum atomic E-state index is 13.8. The minimum atomic E-state index is -3.61. The van der Waals surface area contributed by atoms with Crippen molar-refractivity contribution in [3.8, 4) is 5.75 Å². The summed E-state index contributed by atoms with van der Waals surface area (Å²) in [6, 6.07) is 7.02. The summed E-state index contributed by atoms with van der Waals surface area (Å²) in [6.45, 7) is -1.06. The highest BCUT2D eigenvalue weighted by molar-refractivity contribution is 5.80. The lowest BCUT2D eigenvalue weighted by Gasteiger charge is -2.33. The molecule has 1 amide bonds. The first kappa shape index (κ1) is 21.7. The van der Waals surface area contributed by atoms with Crippen molar-refractivity contribution in [3.63, 3.8) is 0 Å². The van der Waals surface area contributed by atoms with Crippen LogP contribution in [0.25, 0.3) is 0 Å². The lowest BCUT2D eigenvalue weighted by Crippen LogP contribution is -2.44. The number of ether oxygens (including phenoxy) is 1. The average molecular weight is 424 g/mol. The van der Waals surface area contributed by atoms with Crippen molar-refractivity contribution in [2.24, 2.45) is 7.05 Å². The maximum absolute atomic E-state index is 13.8. The van der Waals surface area contributed by atoms with Crippen molar-refractivity contribution in [2.45, 2.75) is 24.9 Å². The van der Waals surface area contributed by atoms with Gasteiger partial charge in [-0.05, 0) is 18.2 Å². The fourth-order valence-corrected chi connectivity index (χ4v) is 3.27. The van der Waals surface area contributed by atoms with E-state index in [0.29, 0.717) is 25.9 Å². The number of hydrogen-bond donors (Lipinski definition) is 1. The van der Waals surface area contributed by atoms with E-state index in [0.717, 1.165) is 6.07 Å². The van der Waals surface area contributed by atoms with E-state index in [2.05, 4.69) is 10.4 Å². The number of alkyl halides is 3. The second kappa shape index (κ2) is 9.19. The van der Waals surface area contributed by atoms with Gasteiger partial charge in [-0.2, -0.15) is 13.9 Å². The SMILES string of the molecule is Cn1nccc(NCC(=O)N2CCC(Oc3ccccc3C(F)(F)CF)CC2)c1=O. The normalized spacial score (nSPS) is 15.1. The van der Waals surface area contributed by atoms with Gasteiger partial charge in [0.2, 0.25) is 5.91 Å². The number of aryl methyl sites for hydroxylation is 1. The molecular weight excluding hydrogens is 401 g/mol. The third-order valence-electron chi connectivity index (χ3n) is 4.97. The molecule has 1 N–H and O–H groups in total. The molecule has 1 aromatic carbocycles. The molecule has 7 nitrogen and oxygen atoms in total. The standard InChI is InChI=1S/C20H23F3N4O3/c1-26-19(29)16(6-9-25-26)24-12-18(28)27-10-7-14(8-11-27)30-17-5-3-2-4-15(17)20(22,23)13-21/h2-6,9,14,24H,7-8,10-13H2,1H3. The number of piperidine rings is 1. The van der Waals surface area contributed by atoms with E-state index >= 15 is 0 Å². The van der Waals surface area contributed by atoms with E-state index < -0.39 is 18.2 Å². The van der Waals surface area contributed by atoms with Crippen LogP contribution in [0.15, 0.2) is 41.3 Å². The minimum Gasteiger partial charge on any atom is -0.490 e. The minimum absolute atomic E-state index is 0.0416. The molecule has 30 heavy (non-hydrogen) atoms. The zero-order chi connectivity index (χ0) is 21.7. The average Bonchev–Trinajstić information content (AvgIpc) is 2.75. The third-order valence-corrected chi connectivity index (χ3v) is 4.97. The molecule has 0 aliphatic carbocycles. The largest absolute Gasteiger partial charge is 0.490 e. The fraction of sp³-hybridized carbons (Fsp3) is 0.450. The van der Waals surface area contributed by atoms with E-state index in [1.807, 2.05) is 0 Å². The van der Waals surface area contributed by atoms with Crippen molar-refractivity contribution in [2.75, 3.05) is 31.6 Å². The molecule has 3 rings (SSSR count). The van der Waals surface area contributed by atoms with Crippen LogP contribution in [-0.2, 0) is 17.8 Å². The van der Waals surface area contributed by atoms with Gasteiger partial charge in [0.25, 0.3) is 5.56 Å². The lowest BCUT2D eigenvalue weighted by atomic mass is 10.1. The number of carbonyl (C=O) groups excluding carboxylic acids is 1. The number of amides is 1. The summed E-state index contributed by atoms with van der Waals surface area (Å²) in [4.78, 5) is 26.0. The van der Waals surface area contributed by atoms with Crippen molar-refractivity contribution in [3.05, 3.63) is 52.4 Å². The molecule has 0 radical (unpaired) electrons. The quantitative estimate of drug-likeness (QED) is 0.738. The van der Waals surface area contributed by atoms with Gasteiger partial charge in [-0.1, -0.05) is 12.1 Å². The fourth-order valence-electron chi connectivity index (χ4n) is 3.27. The van der Waals surface area contributed by atoms with Crippen LogP contribution in [0.1, 0.15) is 18.4 Å². The Bertz CT molecular complexity index is 943. The maximum Gasteiger partial charge on any atom is 0.304 e. The number of nitrogens with one attached hydrogen (secondary N) is 1. The van der Waals surface area contributed by atoms with Gasteiger partial charge >= 0.3 is 5.92 Å². The number of anilines is 1. The van der Waals surface area contributed by atoms with Crippen LogP contribution in [-0.4, -0.2) is 53.0 Å². The van der Waals surface area contributed by atoms with E-state index in [4.69, 9.17) is 4.74 Å². The summed E-state index contributed by atoms with van der Waals surface area (Å²) < 4.78 is 47.2. The number of likely N-dealkylation sites (tertiary alicyclic amines) is 1. The Labute approximate surface area is 171 Å². The highest BCUT2D eigenvalue weighted by atomic mass is 19.3. The van der Waals surface area contributed by atoms with Gasteiger partial charge in [-0.15, -0.1) is 0 Å². The topological polar surface area (TPSA) is 76.5 Å². The molecular formula is C20H23F3N4O3. The number of nitrogens with zero attached hydrogens (tertiary/aromatic N) is 3. The van der Waals surface area contributed by atoms with E-state index in [1.54, 1.807) is 11.0 Å². The number of hydrogen-bond acceptors (Lipinski definition) is 5. The van der Waals surface area contributed by atoms with Crippen LogP contribution in [0.5, 0.6) is 5.75 Å². The predicted octanol–water partition coefficient (Wildman–Crippen LogP) is 2.32. The molecule has 0 unspecified atom stereocenters. The zero-order valence-corrected chi connectivity index (χ0v) is 16.5. The highest BCUT2D eigenvalue weighted by Gasteiger charge is 2.35. The number of halogens is 3. The number of benzene rings is 1. The third kappa shape index (κ3) is 4.92. The molecule has 0 saturated carbocycles. The van der Waals surface area contributed by atoms with E-state index in [-0.39, 0.29) is 35.6 Å². The molecule has 10 heteroatoms. The lowest BCUT2D eigenvalue weighted by molar-refractivity contribution is -0.131. The van der Waals surface area contributed by atoms with Crippen LogP contribution >= 0.6 is 0 Å². The monoisotopic (exact) mass is 424 g/mol. The molecule has 1 aromatic heterocycles. The smallest absolute Gasteiger partial charge is 0.304 e. The Kier molecular flexibility index (Phi) is 6.63. The summed E-state index contributed by atoms with van der Waals surface area (Å²) in [5.41, 5.74) is -0.528. The van der Waals surface area contributed by atoms with Gasteiger partial charge in [0, 0.05) is 39.2 Å². The van der Waals surface area contributed by atoms with Gasteiger partial charge in [0.1, 0.15) is 17.5 Å². The Hall–Kier alpha value is -3.04. The molecule has 2 heterocycles. The Morgan fingerprint density at radius 1 is 1.27 bits per heavy atom. The highest BCUT2D eigenvalue weighted by Crippen LogP contribution is 2.36. The molecule has 0 bridgehead atoms. The second-order valence-corrected chi connectivity index (χ2v) is 7.06. The molecule has 162 valence electrons. The van der Waals surface area contributed by atoms with Crippen molar-refractivity contribution >= 4 is 11.6 Å². The van der Waals surface area contributed by atoms with Crippen molar-refractivity contribution in [1.29, 1.82) is 0 Å². The first-order valence-corrected chi connectivity index (χ1v) is 9.55. The first-order valence-electron chi connectivity index (χ1n) is 9.55. The van der Waals surface area contributed by atoms with Gasteiger partial charge in [0.05, 0.1) is 12.1 Å². The summed E-state index contributed by atoms with van der Waals surface area (Å²) in [6.07, 6.45) is 2.02. The van der Waals surface area contributed by atoms with E-state index in [1.165, 1.54) is 36.1 Å². The Morgan fingerprint density at radius 2 is 1.97 bits per heavy atom. The van der Waals surface area contributed by atoms with Gasteiger partial charge < -0.3 is 15.0 Å². The van der Waals surface area contributed by atoms with Crippen LogP contribution in [0, 0.1) is 0 Å². The zero-order valence-electron chi connectivity index (χ0n) is 16.5. The molecule has 0 atom stereocenters. The van der Waals surface area contributed by atoms with Gasteiger partial charge in [-0.25, -0.2) is 9.07 Å². The van der Waals surface area contributed by atoms with Crippen LogP contribution in [0.4, 0.5) is 18.9 Å². The summed E-state index contributed by atoms with van der Waals surface area (Å²) in [5.74, 6) is -3.83. The van der Waals surface area contributed by atoms with Crippen molar-refractivity contribution < 1.29 is 22.7 Å². The summed E-state index contributed by atoms with van der Waals surface area (Å²) in [7, 11) is 1.52. The summed E-state index contributed by atoms with van der Waals surface area (Å²) >= 11 is 0. The van der Waals surface area contributed by atoms with Gasteiger partial charge in [0.15, 0.2) is 6.67 Å². The molecule has 1 aliphatic rings. The predicted molar refractivity (Wildman–Crippen MR) is 105 cm³/mol. The molecule has 1 aliphatic heterocycles. The van der Waals surface area contributed by atoms with Crippen LogP contribution in [0.3, 0.4) is 0 Å². The number of rotatable bonds is 7. The van der Waals surface area contributed by atoms with Crippen molar-refractivity contribution in [1.82, 2.24) is 14.7 Å². The molecule has 1 saturated heterocycles. The Balaban J connectivity index is 1.53. The summed E-state index contributed by atoms with van der Waals surface area (Å²) in [5, 5.41) is 6.63. The van der Waals surface area contributed by atoms with Crippen LogP contribution in [0.2, 0.25) is 0 Å². The first-order chi connectivity index (χ1) is 14.3. The second-order valence-electron chi connectivity index (χ2n) is 7.06. The molecule has 1 fully saturated rings. The van der Waals surface area contributed by atoms with Crippen LogP contribution < -0.4 is 15.6 Å². The number of carbonyl (C=O) groups is 1. The van der Waals surface area contributed by atoms with E-state index in [9.17, 15) is 22.8 Å².